The zero-order chi connectivity index (χ0) is 25.5. The predicted molar refractivity (Wildman–Crippen MR) is 160 cm³/mol. The molecule has 7 rings (SSSR count). The van der Waals surface area contributed by atoms with Gasteiger partial charge < -0.3 is 9.64 Å². The molecule has 0 fully saturated rings. The maximum absolute atomic E-state index is 6.77. The van der Waals surface area contributed by atoms with E-state index in [2.05, 4.69) is 114 Å². The first-order chi connectivity index (χ1) is 18.7. The lowest BCUT2D eigenvalue weighted by atomic mass is 10.0. The van der Waals surface area contributed by atoms with Crippen LogP contribution >= 0.6 is 23.4 Å². The summed E-state index contributed by atoms with van der Waals surface area (Å²) in [5, 5.41) is 3.09. The van der Waals surface area contributed by atoms with Crippen molar-refractivity contribution in [2.45, 2.75) is 9.79 Å². The molecule has 0 spiro atoms. The first kappa shape index (κ1) is 23.0. The van der Waals surface area contributed by atoms with Gasteiger partial charge in [0.2, 0.25) is 0 Å². The average molecular weight is 528 g/mol. The zero-order valence-electron chi connectivity index (χ0n) is 20.3. The normalized spacial score (nSPS) is 11.9. The van der Waals surface area contributed by atoms with Crippen LogP contribution in [0.4, 0.5) is 17.1 Å². The highest BCUT2D eigenvalue weighted by molar-refractivity contribution is 7.99. The highest BCUT2D eigenvalue weighted by atomic mass is 35.5. The second kappa shape index (κ2) is 9.60. The summed E-state index contributed by atoms with van der Waals surface area (Å²) < 4.78 is 6.77. The van der Waals surface area contributed by atoms with E-state index in [0.29, 0.717) is 0 Å². The second-order valence-corrected chi connectivity index (χ2v) is 10.7. The van der Waals surface area contributed by atoms with Gasteiger partial charge in [0, 0.05) is 16.4 Å². The Balaban J connectivity index is 1.47. The molecule has 0 unspecified atom stereocenters. The van der Waals surface area contributed by atoms with Crippen LogP contribution in [0.5, 0.6) is 11.5 Å². The van der Waals surface area contributed by atoms with Gasteiger partial charge >= 0.3 is 0 Å². The smallest absolute Gasteiger partial charge is 0.165 e. The minimum absolute atomic E-state index is 0.723. The van der Waals surface area contributed by atoms with E-state index in [1.807, 2.05) is 24.3 Å². The number of halogens is 1. The van der Waals surface area contributed by atoms with Crippen molar-refractivity contribution in [2.24, 2.45) is 0 Å². The second-order valence-electron chi connectivity index (χ2n) is 9.19. The van der Waals surface area contributed by atoms with Gasteiger partial charge in [-0.25, -0.2) is 0 Å². The van der Waals surface area contributed by atoms with E-state index in [1.54, 1.807) is 11.8 Å². The summed E-state index contributed by atoms with van der Waals surface area (Å²) >= 11 is 7.98. The lowest BCUT2D eigenvalue weighted by molar-refractivity contribution is 0.457. The van der Waals surface area contributed by atoms with E-state index in [4.69, 9.17) is 16.3 Å². The minimum atomic E-state index is 0.723. The number of nitrogens with zero attached hydrogens (tertiary/aromatic N) is 1. The van der Waals surface area contributed by atoms with Crippen LogP contribution in [-0.2, 0) is 0 Å². The SMILES string of the molecule is Clc1ccc(-c2cc3c(c(N(c4ccccc4)c4ccccc4)c2)Oc2cc4ccccc4cc2S3)cc1. The summed E-state index contributed by atoms with van der Waals surface area (Å²) in [4.78, 5) is 4.46. The molecule has 0 N–H and O–H groups in total. The van der Waals surface area contributed by atoms with Crippen molar-refractivity contribution in [3.8, 4) is 22.6 Å². The van der Waals surface area contributed by atoms with E-state index in [0.717, 1.165) is 59.9 Å². The average Bonchev–Trinajstić information content (AvgIpc) is 2.96. The van der Waals surface area contributed by atoms with Crippen molar-refractivity contribution in [3.05, 3.63) is 138 Å². The Labute approximate surface area is 231 Å². The van der Waals surface area contributed by atoms with E-state index in [9.17, 15) is 0 Å². The highest BCUT2D eigenvalue weighted by Gasteiger charge is 2.27. The lowest BCUT2D eigenvalue weighted by Crippen LogP contribution is -2.12. The number of fused-ring (bicyclic) bond motifs is 3. The number of ether oxygens (including phenoxy) is 1. The summed E-state index contributed by atoms with van der Waals surface area (Å²) in [6.45, 7) is 0. The van der Waals surface area contributed by atoms with Gasteiger partial charge in [0.25, 0.3) is 0 Å². The fraction of sp³-hybridized carbons (Fsp3) is 0. The number of para-hydroxylation sites is 2. The Morgan fingerprint density at radius 1 is 0.553 bits per heavy atom. The van der Waals surface area contributed by atoms with Gasteiger partial charge in [-0.1, -0.05) is 96.2 Å². The molecule has 4 heteroatoms. The molecule has 0 bridgehead atoms. The van der Waals surface area contributed by atoms with Crippen LogP contribution in [0, 0.1) is 0 Å². The van der Waals surface area contributed by atoms with Crippen LogP contribution in [0.15, 0.2) is 143 Å². The van der Waals surface area contributed by atoms with Gasteiger partial charge in [-0.15, -0.1) is 0 Å². The quantitative estimate of drug-likeness (QED) is 0.226. The number of anilines is 3. The standard InChI is InChI=1S/C34H22ClNOS/c35-27-17-15-23(16-18-27)26-19-30(36(28-11-3-1-4-12-28)29-13-5-2-6-14-29)34-33(22-26)38-32-21-25-10-8-7-9-24(25)20-31(32)37-34/h1-22H. The molecule has 1 aliphatic heterocycles. The summed E-state index contributed by atoms with van der Waals surface area (Å²) in [7, 11) is 0. The Morgan fingerprint density at radius 3 is 1.82 bits per heavy atom. The largest absolute Gasteiger partial charge is 0.453 e. The van der Waals surface area contributed by atoms with Crippen molar-refractivity contribution in [1.82, 2.24) is 0 Å². The van der Waals surface area contributed by atoms with E-state index < -0.39 is 0 Å². The molecular weight excluding hydrogens is 506 g/mol. The zero-order valence-corrected chi connectivity index (χ0v) is 21.9. The molecule has 1 aliphatic rings. The molecule has 0 saturated heterocycles. The third-order valence-electron chi connectivity index (χ3n) is 6.73. The Bertz CT molecular complexity index is 1730. The molecule has 6 aromatic rings. The van der Waals surface area contributed by atoms with Crippen LogP contribution in [0.25, 0.3) is 21.9 Å². The number of hydrogen-bond acceptors (Lipinski definition) is 3. The Hall–Kier alpha value is -4.18. The van der Waals surface area contributed by atoms with Crippen LogP contribution < -0.4 is 9.64 Å². The van der Waals surface area contributed by atoms with Crippen LogP contribution in [0.3, 0.4) is 0 Å². The molecule has 0 amide bonds. The molecule has 0 saturated carbocycles. The number of hydrogen-bond donors (Lipinski definition) is 0. The fourth-order valence-electron chi connectivity index (χ4n) is 4.91. The first-order valence-electron chi connectivity index (χ1n) is 12.5. The third kappa shape index (κ3) is 4.20. The molecule has 1 heterocycles. The topological polar surface area (TPSA) is 12.5 Å². The van der Waals surface area contributed by atoms with Crippen molar-refractivity contribution in [1.29, 1.82) is 0 Å². The van der Waals surface area contributed by atoms with Crippen molar-refractivity contribution in [2.75, 3.05) is 4.90 Å². The molecule has 0 atom stereocenters. The number of rotatable bonds is 4. The monoisotopic (exact) mass is 527 g/mol. The van der Waals surface area contributed by atoms with Crippen molar-refractivity contribution >= 4 is 51.2 Å². The number of benzene rings is 6. The molecule has 182 valence electrons. The van der Waals surface area contributed by atoms with Gasteiger partial charge in [-0.3, -0.25) is 0 Å². The van der Waals surface area contributed by atoms with E-state index >= 15 is 0 Å². The van der Waals surface area contributed by atoms with Crippen LogP contribution in [0.2, 0.25) is 5.02 Å². The molecule has 6 aromatic carbocycles. The maximum Gasteiger partial charge on any atom is 0.165 e. The van der Waals surface area contributed by atoms with Crippen molar-refractivity contribution < 1.29 is 4.74 Å². The molecule has 2 nitrogen and oxygen atoms in total. The predicted octanol–water partition coefficient (Wildman–Crippen LogP) is 10.9. The lowest BCUT2D eigenvalue weighted by Gasteiger charge is -2.31. The Morgan fingerprint density at radius 2 is 1.16 bits per heavy atom. The molecule has 0 aromatic heterocycles. The summed E-state index contributed by atoms with van der Waals surface area (Å²) in [5.74, 6) is 1.73. The van der Waals surface area contributed by atoms with Crippen LogP contribution in [-0.4, -0.2) is 0 Å². The highest BCUT2D eigenvalue weighted by Crippen LogP contribution is 2.55. The minimum Gasteiger partial charge on any atom is -0.453 e. The van der Waals surface area contributed by atoms with Gasteiger partial charge in [0.15, 0.2) is 5.75 Å². The third-order valence-corrected chi connectivity index (χ3v) is 8.04. The summed E-state index contributed by atoms with van der Waals surface area (Å²) in [6, 6.07) is 46.1. The van der Waals surface area contributed by atoms with E-state index in [1.165, 1.54) is 5.39 Å². The fourth-order valence-corrected chi connectivity index (χ4v) is 6.08. The van der Waals surface area contributed by atoms with Gasteiger partial charge in [-0.05, 0) is 82.6 Å². The molecule has 0 radical (unpaired) electrons. The summed E-state index contributed by atoms with van der Waals surface area (Å²) in [6.07, 6.45) is 0. The molecular formula is C34H22ClNOS. The molecule has 0 aliphatic carbocycles. The van der Waals surface area contributed by atoms with E-state index in [-0.39, 0.29) is 0 Å². The van der Waals surface area contributed by atoms with Crippen molar-refractivity contribution in [3.63, 3.8) is 0 Å². The maximum atomic E-state index is 6.77. The Kier molecular flexibility index (Phi) is 5.81. The summed E-state index contributed by atoms with van der Waals surface area (Å²) in [5.41, 5.74) is 5.31. The van der Waals surface area contributed by atoms with Gasteiger partial charge in [0.1, 0.15) is 5.75 Å². The van der Waals surface area contributed by atoms with Gasteiger partial charge in [0.05, 0.1) is 15.5 Å². The molecule has 38 heavy (non-hydrogen) atoms. The van der Waals surface area contributed by atoms with Crippen LogP contribution in [0.1, 0.15) is 0 Å². The van der Waals surface area contributed by atoms with Gasteiger partial charge in [-0.2, -0.15) is 0 Å². The first-order valence-corrected chi connectivity index (χ1v) is 13.7.